The van der Waals surface area contributed by atoms with Crippen LogP contribution in [0.2, 0.25) is 0 Å². The first-order valence-electron chi connectivity index (χ1n) is 7.05. The lowest BCUT2D eigenvalue weighted by Crippen LogP contribution is -2.37. The van der Waals surface area contributed by atoms with Gasteiger partial charge in [-0.05, 0) is 65.3 Å². The molecule has 1 fully saturated rings. The summed E-state index contributed by atoms with van der Waals surface area (Å²) in [4.78, 5) is 4.29. The van der Waals surface area contributed by atoms with Crippen LogP contribution in [-0.4, -0.2) is 23.2 Å². The van der Waals surface area contributed by atoms with Crippen molar-refractivity contribution in [3.8, 4) is 0 Å². The summed E-state index contributed by atoms with van der Waals surface area (Å²) >= 11 is 0. The molecule has 1 aliphatic rings. The van der Waals surface area contributed by atoms with E-state index in [0.29, 0.717) is 5.92 Å². The molecule has 0 amide bonds. The van der Waals surface area contributed by atoms with Gasteiger partial charge in [0.1, 0.15) is 0 Å². The van der Waals surface area contributed by atoms with Crippen LogP contribution in [0.5, 0.6) is 0 Å². The molecule has 1 aliphatic heterocycles. The Morgan fingerprint density at radius 2 is 2.05 bits per heavy atom. The Balaban J connectivity index is 2.36. The van der Waals surface area contributed by atoms with Gasteiger partial charge < -0.3 is 10.1 Å². The maximum atomic E-state index is 6.23. The molecular formula is C16H26N2O. The van der Waals surface area contributed by atoms with Gasteiger partial charge in [-0.25, -0.2) is 0 Å². The van der Waals surface area contributed by atoms with Crippen LogP contribution in [0.25, 0.3) is 0 Å². The third-order valence-corrected chi connectivity index (χ3v) is 4.27. The average molecular weight is 262 g/mol. The molecule has 1 N–H and O–H groups in total. The summed E-state index contributed by atoms with van der Waals surface area (Å²) in [5.74, 6) is 0.440. The fourth-order valence-corrected chi connectivity index (χ4v) is 3.50. The molecule has 1 aromatic heterocycles. The lowest BCUT2D eigenvalue weighted by atomic mass is 9.78. The maximum Gasteiger partial charge on any atom is 0.0681 e. The van der Waals surface area contributed by atoms with E-state index in [9.17, 15) is 0 Å². The number of pyridine rings is 1. The molecule has 2 unspecified atom stereocenters. The first-order chi connectivity index (χ1) is 8.77. The highest BCUT2D eigenvalue weighted by Crippen LogP contribution is 2.47. The number of aryl methyl sites for hydroxylation is 1. The Morgan fingerprint density at radius 3 is 2.53 bits per heavy atom. The van der Waals surface area contributed by atoms with Crippen molar-refractivity contribution >= 4 is 0 Å². The predicted molar refractivity (Wildman–Crippen MR) is 78.1 cm³/mol. The third-order valence-electron chi connectivity index (χ3n) is 4.27. The molecule has 3 nitrogen and oxygen atoms in total. The largest absolute Gasteiger partial charge is 0.369 e. The number of hydrogen-bond acceptors (Lipinski definition) is 3. The van der Waals surface area contributed by atoms with Crippen molar-refractivity contribution < 1.29 is 4.74 Å². The molecule has 2 rings (SSSR count). The molecule has 2 heterocycles. The quantitative estimate of drug-likeness (QED) is 0.908. The normalized spacial score (nSPS) is 26.3. The van der Waals surface area contributed by atoms with Gasteiger partial charge in [0.2, 0.25) is 0 Å². The summed E-state index contributed by atoms with van der Waals surface area (Å²) in [6, 6.07) is 2.36. The Morgan fingerprint density at radius 1 is 1.37 bits per heavy atom. The molecular weight excluding hydrogens is 236 g/mol. The van der Waals surface area contributed by atoms with Gasteiger partial charge in [-0.3, -0.25) is 4.98 Å². The first-order valence-corrected chi connectivity index (χ1v) is 7.05. The van der Waals surface area contributed by atoms with E-state index in [0.717, 1.165) is 6.42 Å². The van der Waals surface area contributed by atoms with Crippen LogP contribution in [0.3, 0.4) is 0 Å². The van der Waals surface area contributed by atoms with Gasteiger partial charge in [-0.1, -0.05) is 0 Å². The molecule has 19 heavy (non-hydrogen) atoms. The van der Waals surface area contributed by atoms with Crippen molar-refractivity contribution in [1.29, 1.82) is 0 Å². The first kappa shape index (κ1) is 14.5. The minimum absolute atomic E-state index is 0.0562. The van der Waals surface area contributed by atoms with Gasteiger partial charge in [0.05, 0.1) is 11.2 Å². The van der Waals surface area contributed by atoms with Crippen molar-refractivity contribution in [3.05, 3.63) is 29.6 Å². The molecule has 0 radical (unpaired) electrons. The summed E-state index contributed by atoms with van der Waals surface area (Å²) in [6.07, 6.45) is 4.89. The van der Waals surface area contributed by atoms with Crippen molar-refractivity contribution in [2.45, 2.75) is 58.3 Å². The fourth-order valence-electron chi connectivity index (χ4n) is 3.50. The van der Waals surface area contributed by atoms with Crippen LogP contribution >= 0.6 is 0 Å². The minimum Gasteiger partial charge on any atom is -0.369 e. The van der Waals surface area contributed by atoms with Crippen molar-refractivity contribution in [2.75, 3.05) is 7.05 Å². The zero-order valence-electron chi connectivity index (χ0n) is 12.9. The van der Waals surface area contributed by atoms with Crippen LogP contribution < -0.4 is 5.32 Å². The molecule has 106 valence electrons. The standard InChI is InChI=1S/C16H26N2O/c1-11-7-8-18-10-12(11)14(17-6)13-9-15(2,3)19-16(13,4)5/h7-8,10,13-14,17H,9H2,1-6H3. The van der Waals surface area contributed by atoms with Gasteiger partial charge in [-0.15, -0.1) is 0 Å². The van der Waals surface area contributed by atoms with E-state index < -0.39 is 0 Å². The molecule has 1 saturated heterocycles. The van der Waals surface area contributed by atoms with Crippen molar-refractivity contribution in [1.82, 2.24) is 10.3 Å². The summed E-state index contributed by atoms with van der Waals surface area (Å²) in [6.45, 7) is 10.9. The van der Waals surface area contributed by atoms with E-state index in [-0.39, 0.29) is 17.2 Å². The van der Waals surface area contributed by atoms with Crippen LogP contribution in [0.4, 0.5) is 0 Å². The summed E-state index contributed by atoms with van der Waals surface area (Å²) in [7, 11) is 2.03. The zero-order valence-corrected chi connectivity index (χ0v) is 12.9. The number of hydrogen-bond donors (Lipinski definition) is 1. The summed E-state index contributed by atoms with van der Waals surface area (Å²) in [5, 5.41) is 3.47. The number of rotatable bonds is 3. The highest BCUT2D eigenvalue weighted by atomic mass is 16.5. The molecule has 0 spiro atoms. The average Bonchev–Trinajstić information content (AvgIpc) is 2.51. The molecule has 2 atom stereocenters. The number of ether oxygens (including phenoxy) is 1. The van der Waals surface area contributed by atoms with Crippen LogP contribution in [0.1, 0.15) is 51.3 Å². The van der Waals surface area contributed by atoms with E-state index in [2.05, 4.69) is 51.0 Å². The van der Waals surface area contributed by atoms with Crippen molar-refractivity contribution in [3.63, 3.8) is 0 Å². The molecule has 0 bridgehead atoms. The van der Waals surface area contributed by atoms with Gasteiger partial charge in [0.15, 0.2) is 0 Å². The molecule has 1 aromatic rings. The topological polar surface area (TPSA) is 34.2 Å². The van der Waals surface area contributed by atoms with Gasteiger partial charge >= 0.3 is 0 Å². The lowest BCUT2D eigenvalue weighted by Gasteiger charge is -2.33. The number of nitrogens with zero attached hydrogens (tertiary/aromatic N) is 1. The second-order valence-electron chi connectivity index (χ2n) is 6.77. The summed E-state index contributed by atoms with van der Waals surface area (Å²) < 4.78 is 6.23. The number of aromatic nitrogens is 1. The predicted octanol–water partition coefficient (Wildman–Crippen LogP) is 3.24. The van der Waals surface area contributed by atoms with E-state index in [1.54, 1.807) is 0 Å². The van der Waals surface area contributed by atoms with Crippen LogP contribution in [0.15, 0.2) is 18.5 Å². The van der Waals surface area contributed by atoms with Gasteiger partial charge in [0.25, 0.3) is 0 Å². The smallest absolute Gasteiger partial charge is 0.0681 e. The van der Waals surface area contributed by atoms with Crippen LogP contribution in [-0.2, 0) is 4.74 Å². The highest BCUT2D eigenvalue weighted by molar-refractivity contribution is 5.27. The molecule has 0 aliphatic carbocycles. The fraction of sp³-hybridized carbons (Fsp3) is 0.688. The van der Waals surface area contributed by atoms with Gasteiger partial charge in [-0.2, -0.15) is 0 Å². The zero-order chi connectivity index (χ0) is 14.3. The van der Waals surface area contributed by atoms with E-state index in [1.165, 1.54) is 11.1 Å². The Kier molecular flexibility index (Phi) is 3.72. The van der Waals surface area contributed by atoms with Crippen LogP contribution in [0, 0.1) is 12.8 Å². The van der Waals surface area contributed by atoms with E-state index in [1.807, 2.05) is 19.4 Å². The Hall–Kier alpha value is -0.930. The molecule has 0 aromatic carbocycles. The summed E-state index contributed by atoms with van der Waals surface area (Å²) in [5.41, 5.74) is 2.39. The highest BCUT2D eigenvalue weighted by Gasteiger charge is 2.49. The molecule has 0 saturated carbocycles. The molecule has 3 heteroatoms. The number of nitrogens with one attached hydrogen (secondary N) is 1. The van der Waals surface area contributed by atoms with E-state index in [4.69, 9.17) is 4.74 Å². The second kappa shape index (κ2) is 4.88. The second-order valence-corrected chi connectivity index (χ2v) is 6.77. The lowest BCUT2D eigenvalue weighted by molar-refractivity contribution is -0.0776. The Labute approximate surface area is 116 Å². The van der Waals surface area contributed by atoms with Gasteiger partial charge in [0, 0.05) is 24.4 Å². The monoisotopic (exact) mass is 262 g/mol. The minimum atomic E-state index is -0.126. The third kappa shape index (κ3) is 2.82. The maximum absolute atomic E-state index is 6.23. The Bertz CT molecular complexity index is 454. The van der Waals surface area contributed by atoms with Crippen molar-refractivity contribution in [2.24, 2.45) is 5.92 Å². The van der Waals surface area contributed by atoms with E-state index >= 15 is 0 Å². The SMILES string of the molecule is CNC(c1cnccc1C)C1CC(C)(C)OC1(C)C.